The largest absolute Gasteiger partial charge is 0.472 e. The molecule has 1 atom stereocenters. The quantitative estimate of drug-likeness (QED) is 0.340. The van der Waals surface area contributed by atoms with Crippen LogP contribution >= 0.6 is 11.6 Å². The summed E-state index contributed by atoms with van der Waals surface area (Å²) >= 11 is 5.85. The number of nitrogen functional groups attached to an aromatic ring is 1. The third-order valence-electron chi connectivity index (χ3n) is 5.69. The van der Waals surface area contributed by atoms with Gasteiger partial charge in [-0.25, -0.2) is 13.5 Å². The van der Waals surface area contributed by atoms with Gasteiger partial charge in [-0.2, -0.15) is 5.10 Å². The Balaban J connectivity index is 1.49. The highest BCUT2D eigenvalue weighted by atomic mass is 35.5. The fraction of sp³-hybridized carbons (Fsp3) is 0.115. The molecule has 5 nitrogen and oxygen atoms in total. The Hall–Kier alpha value is -3.84. The van der Waals surface area contributed by atoms with Crippen molar-refractivity contribution < 1.29 is 13.5 Å². The zero-order valence-electron chi connectivity index (χ0n) is 18.0. The summed E-state index contributed by atoms with van der Waals surface area (Å²) in [6.07, 6.45) is 5.67. The first kappa shape index (κ1) is 22.0. The van der Waals surface area contributed by atoms with E-state index in [0.29, 0.717) is 17.9 Å². The zero-order valence-corrected chi connectivity index (χ0v) is 18.8. The molecule has 172 valence electrons. The summed E-state index contributed by atoms with van der Waals surface area (Å²) in [5.41, 5.74) is 10.3. The molecule has 4 aromatic rings. The molecule has 1 unspecified atom stereocenters. The Morgan fingerprint density at radius 2 is 1.76 bits per heavy atom. The molecule has 0 radical (unpaired) electrons. The van der Waals surface area contributed by atoms with E-state index in [1.54, 1.807) is 35.3 Å². The van der Waals surface area contributed by atoms with Gasteiger partial charge in [0.25, 0.3) is 0 Å². The van der Waals surface area contributed by atoms with Crippen molar-refractivity contribution in [3.63, 3.8) is 0 Å². The fourth-order valence-electron chi connectivity index (χ4n) is 3.89. The highest BCUT2D eigenvalue weighted by Crippen LogP contribution is 2.35. The first-order valence-electron chi connectivity index (χ1n) is 10.7. The second kappa shape index (κ2) is 9.19. The molecule has 0 fully saturated rings. The SMILES string of the molecule is Nc1ccc(CCN2C=COC2c2cn(-c3ccc(Cl)c(F)c3)nc2-c2ccc(F)cc2)cc1. The van der Waals surface area contributed by atoms with Crippen molar-refractivity contribution >= 4 is 17.3 Å². The second-order valence-electron chi connectivity index (χ2n) is 7.99. The number of rotatable bonds is 6. The lowest BCUT2D eigenvalue weighted by atomic mass is 10.1. The van der Waals surface area contributed by atoms with Crippen molar-refractivity contribution in [2.45, 2.75) is 12.6 Å². The highest BCUT2D eigenvalue weighted by molar-refractivity contribution is 6.30. The molecule has 0 saturated heterocycles. The van der Waals surface area contributed by atoms with Gasteiger partial charge in [0.15, 0.2) is 0 Å². The number of nitrogens with two attached hydrogens (primary N) is 1. The van der Waals surface area contributed by atoms with Crippen LogP contribution in [-0.2, 0) is 11.2 Å². The van der Waals surface area contributed by atoms with Crippen molar-refractivity contribution in [3.8, 4) is 16.9 Å². The van der Waals surface area contributed by atoms with Crippen molar-refractivity contribution in [3.05, 3.63) is 113 Å². The molecule has 1 aliphatic heterocycles. The Morgan fingerprint density at radius 3 is 2.50 bits per heavy atom. The maximum absolute atomic E-state index is 14.1. The van der Waals surface area contributed by atoms with Gasteiger partial charge in [-0.05, 0) is 60.5 Å². The number of anilines is 1. The topological polar surface area (TPSA) is 56.3 Å². The predicted octanol–water partition coefficient (Wildman–Crippen LogP) is 6.10. The molecule has 0 aliphatic carbocycles. The number of hydrogen-bond donors (Lipinski definition) is 1. The third kappa shape index (κ3) is 4.47. The van der Waals surface area contributed by atoms with Crippen LogP contribution in [0.1, 0.15) is 17.4 Å². The first-order chi connectivity index (χ1) is 16.5. The number of benzene rings is 3. The second-order valence-corrected chi connectivity index (χ2v) is 8.39. The van der Waals surface area contributed by atoms with E-state index in [1.807, 2.05) is 30.5 Å². The maximum atomic E-state index is 14.1. The van der Waals surface area contributed by atoms with Gasteiger partial charge in [-0.3, -0.25) is 0 Å². The van der Waals surface area contributed by atoms with E-state index in [0.717, 1.165) is 28.8 Å². The van der Waals surface area contributed by atoms with E-state index < -0.39 is 12.0 Å². The predicted molar refractivity (Wildman–Crippen MR) is 128 cm³/mol. The zero-order chi connectivity index (χ0) is 23.7. The van der Waals surface area contributed by atoms with Crippen LogP contribution in [0.3, 0.4) is 0 Å². The number of nitrogens with zero attached hydrogens (tertiary/aromatic N) is 3. The van der Waals surface area contributed by atoms with Gasteiger partial charge in [-0.15, -0.1) is 0 Å². The minimum absolute atomic E-state index is 0.0343. The number of halogens is 3. The van der Waals surface area contributed by atoms with Gasteiger partial charge < -0.3 is 15.4 Å². The molecule has 34 heavy (non-hydrogen) atoms. The summed E-state index contributed by atoms with van der Waals surface area (Å²) in [5.74, 6) is -0.878. The number of ether oxygens (including phenoxy) is 1. The van der Waals surface area contributed by atoms with Crippen LogP contribution < -0.4 is 5.73 Å². The molecule has 0 amide bonds. The van der Waals surface area contributed by atoms with E-state index in [-0.39, 0.29) is 10.8 Å². The van der Waals surface area contributed by atoms with Gasteiger partial charge in [0, 0.05) is 36.3 Å². The number of aromatic nitrogens is 2. The van der Waals surface area contributed by atoms with Crippen LogP contribution in [0.15, 0.2) is 85.4 Å². The Morgan fingerprint density at radius 1 is 1.00 bits per heavy atom. The average Bonchev–Trinajstić information content (AvgIpc) is 3.48. The molecule has 1 aliphatic rings. The fourth-order valence-corrected chi connectivity index (χ4v) is 4.01. The van der Waals surface area contributed by atoms with Crippen LogP contribution in [0.5, 0.6) is 0 Å². The van der Waals surface area contributed by atoms with Gasteiger partial charge in [-0.1, -0.05) is 23.7 Å². The van der Waals surface area contributed by atoms with Gasteiger partial charge in [0.1, 0.15) is 23.6 Å². The lowest BCUT2D eigenvalue weighted by Crippen LogP contribution is -2.23. The van der Waals surface area contributed by atoms with Crippen LogP contribution in [0.25, 0.3) is 16.9 Å². The number of hydrogen-bond acceptors (Lipinski definition) is 4. The smallest absolute Gasteiger partial charge is 0.201 e. The minimum Gasteiger partial charge on any atom is -0.472 e. The van der Waals surface area contributed by atoms with E-state index in [2.05, 4.69) is 4.90 Å². The highest BCUT2D eigenvalue weighted by Gasteiger charge is 2.28. The lowest BCUT2D eigenvalue weighted by Gasteiger charge is -2.24. The third-order valence-corrected chi connectivity index (χ3v) is 6.00. The van der Waals surface area contributed by atoms with Gasteiger partial charge in [0.2, 0.25) is 6.23 Å². The van der Waals surface area contributed by atoms with Crippen LogP contribution in [0.4, 0.5) is 14.5 Å². The van der Waals surface area contributed by atoms with E-state index >= 15 is 0 Å². The maximum Gasteiger partial charge on any atom is 0.201 e. The van der Waals surface area contributed by atoms with Crippen molar-refractivity contribution in [2.75, 3.05) is 12.3 Å². The molecule has 3 aromatic carbocycles. The summed E-state index contributed by atoms with van der Waals surface area (Å²) in [7, 11) is 0. The summed E-state index contributed by atoms with van der Waals surface area (Å²) in [6.45, 7) is 0.689. The average molecular weight is 479 g/mol. The Labute approximate surface area is 200 Å². The van der Waals surface area contributed by atoms with Gasteiger partial charge in [0.05, 0.1) is 16.3 Å². The van der Waals surface area contributed by atoms with E-state index in [4.69, 9.17) is 27.2 Å². The van der Waals surface area contributed by atoms with Crippen LogP contribution in [0.2, 0.25) is 5.02 Å². The first-order valence-corrected chi connectivity index (χ1v) is 11.1. The molecular formula is C26H21ClF2N4O. The molecule has 1 aromatic heterocycles. The molecule has 2 heterocycles. The molecule has 2 N–H and O–H groups in total. The minimum atomic E-state index is -0.538. The summed E-state index contributed by atoms with van der Waals surface area (Å²) < 4.78 is 35.2. The summed E-state index contributed by atoms with van der Waals surface area (Å²) in [4.78, 5) is 2.06. The van der Waals surface area contributed by atoms with Crippen molar-refractivity contribution in [1.29, 1.82) is 0 Å². The standard InChI is InChI=1S/C26H21ClF2N4O/c27-23-10-9-21(15-24(23)29)33-16-22(25(31-33)18-3-5-19(28)6-4-18)26-32(13-14-34-26)12-11-17-1-7-20(30)8-2-17/h1-10,13-16,26H,11-12,30H2. The summed E-state index contributed by atoms with van der Waals surface area (Å²) in [5, 5.41) is 4.73. The van der Waals surface area contributed by atoms with E-state index in [9.17, 15) is 8.78 Å². The van der Waals surface area contributed by atoms with Crippen molar-refractivity contribution in [2.24, 2.45) is 0 Å². The molecule has 5 rings (SSSR count). The van der Waals surface area contributed by atoms with Gasteiger partial charge >= 0.3 is 0 Å². The Bertz CT molecular complexity index is 1340. The molecular weight excluding hydrogens is 458 g/mol. The molecule has 0 saturated carbocycles. The Kier molecular flexibility index (Phi) is 5.94. The van der Waals surface area contributed by atoms with Crippen LogP contribution in [-0.4, -0.2) is 21.2 Å². The lowest BCUT2D eigenvalue weighted by molar-refractivity contribution is 0.0581. The normalized spacial score (nSPS) is 15.0. The van der Waals surface area contributed by atoms with Crippen LogP contribution in [0, 0.1) is 11.6 Å². The monoisotopic (exact) mass is 478 g/mol. The molecule has 0 bridgehead atoms. The van der Waals surface area contributed by atoms with Crippen molar-refractivity contribution in [1.82, 2.24) is 14.7 Å². The van der Waals surface area contributed by atoms with E-state index in [1.165, 1.54) is 24.3 Å². The molecule has 0 spiro atoms. The summed E-state index contributed by atoms with van der Waals surface area (Å²) in [6, 6.07) is 18.3. The molecule has 8 heteroatoms.